The monoisotopic (exact) mass is 463 g/mol. The van der Waals surface area contributed by atoms with E-state index < -0.39 is 37.1 Å². The average Bonchev–Trinajstić information content (AvgIpc) is 2.83. The predicted molar refractivity (Wildman–Crippen MR) is 124 cm³/mol. The fraction of sp³-hybridized carbons (Fsp3) is 0.444. The van der Waals surface area contributed by atoms with Gasteiger partial charge in [-0.1, -0.05) is 36.1 Å². The second-order valence-corrected chi connectivity index (χ2v) is 8.95. The number of hydrogen-bond acceptors (Lipinski definition) is 7. The lowest BCUT2D eigenvalue weighted by Gasteiger charge is -2.40. The van der Waals surface area contributed by atoms with Crippen molar-refractivity contribution in [2.24, 2.45) is 0 Å². The maximum absolute atomic E-state index is 10.5. The lowest BCUT2D eigenvalue weighted by Crippen LogP contribution is -2.55. The quantitative estimate of drug-likeness (QED) is 0.497. The number of methoxy groups -OCH3 is 1. The summed E-state index contributed by atoms with van der Waals surface area (Å²) in [6.07, 6.45) is -2.67. The molecule has 1 aliphatic heterocycles. The maximum Gasteiger partial charge on any atom is 0.128 e. The van der Waals surface area contributed by atoms with Crippen molar-refractivity contribution in [3.8, 4) is 17.9 Å². The molecule has 34 heavy (non-hydrogen) atoms. The predicted octanol–water partition coefficient (Wildman–Crippen LogP) is 1.58. The molecule has 178 valence electrons. The van der Waals surface area contributed by atoms with Gasteiger partial charge in [0.25, 0.3) is 0 Å². The van der Waals surface area contributed by atoms with Crippen LogP contribution in [0, 0.1) is 23.2 Å². The molecular formula is C27H29NO6. The summed E-state index contributed by atoms with van der Waals surface area (Å²) in [4.78, 5) is 0. The van der Waals surface area contributed by atoms with Crippen LogP contribution in [-0.4, -0.2) is 64.2 Å². The van der Waals surface area contributed by atoms with Crippen molar-refractivity contribution in [3.05, 3.63) is 70.3 Å². The molecule has 5 atom stereocenters. The highest BCUT2D eigenvalue weighted by Crippen LogP contribution is 2.35. The first-order valence-electron chi connectivity index (χ1n) is 11.4. The van der Waals surface area contributed by atoms with Crippen molar-refractivity contribution < 1.29 is 29.9 Å². The Bertz CT molecular complexity index is 1100. The fourth-order valence-electron chi connectivity index (χ4n) is 4.41. The Morgan fingerprint density at radius 3 is 2.38 bits per heavy atom. The van der Waals surface area contributed by atoms with E-state index in [-0.39, 0.29) is 5.60 Å². The Hall–Kier alpha value is -2.75. The summed E-state index contributed by atoms with van der Waals surface area (Å²) >= 11 is 0. The van der Waals surface area contributed by atoms with E-state index in [1.807, 2.05) is 24.3 Å². The summed E-state index contributed by atoms with van der Waals surface area (Å²) in [5.74, 6) is 6.43. The fourth-order valence-corrected chi connectivity index (χ4v) is 4.41. The number of aliphatic hydroxyl groups excluding tert-OH is 4. The molecule has 0 amide bonds. The second kappa shape index (κ2) is 10.2. The number of nitriles is 1. The molecule has 0 bridgehead atoms. The number of ether oxygens (including phenoxy) is 2. The van der Waals surface area contributed by atoms with Gasteiger partial charge in [0, 0.05) is 12.7 Å². The van der Waals surface area contributed by atoms with Crippen LogP contribution in [0.5, 0.6) is 0 Å². The standard InChI is InChI=1S/C27H29NO6/c1-33-27(10-2-11-27)12-9-17-3-5-18(6-4-17)13-21-14-19(7-8-20(21)15-28)26-25(32)24(31)23(30)22(16-29)34-26/h3-8,14,22-26,29-32H,2,10-11,13,16H2,1H3/t22-,23-,24+,25-,26+/m1/s1. The Morgan fingerprint density at radius 2 is 1.79 bits per heavy atom. The van der Waals surface area contributed by atoms with Crippen molar-refractivity contribution in [2.75, 3.05) is 13.7 Å². The van der Waals surface area contributed by atoms with E-state index in [2.05, 4.69) is 17.9 Å². The minimum Gasteiger partial charge on any atom is -0.394 e. The molecule has 2 aromatic rings. The first-order chi connectivity index (χ1) is 16.4. The number of aliphatic hydroxyl groups is 4. The van der Waals surface area contributed by atoms with Gasteiger partial charge in [-0.05, 0) is 60.6 Å². The third-order valence-electron chi connectivity index (χ3n) is 6.81. The van der Waals surface area contributed by atoms with Crippen molar-refractivity contribution in [3.63, 3.8) is 0 Å². The van der Waals surface area contributed by atoms with Crippen molar-refractivity contribution in [1.29, 1.82) is 5.26 Å². The number of rotatable bonds is 5. The average molecular weight is 464 g/mol. The number of nitrogens with zero attached hydrogens (tertiary/aromatic N) is 1. The third-order valence-corrected chi connectivity index (χ3v) is 6.81. The van der Waals surface area contributed by atoms with Gasteiger partial charge in [-0.2, -0.15) is 5.26 Å². The minimum absolute atomic E-state index is 0.314. The summed E-state index contributed by atoms with van der Waals surface area (Å²) in [5, 5.41) is 49.7. The van der Waals surface area contributed by atoms with Gasteiger partial charge < -0.3 is 29.9 Å². The summed E-state index contributed by atoms with van der Waals surface area (Å²) in [6.45, 7) is -0.495. The molecule has 7 nitrogen and oxygen atoms in total. The zero-order valence-electron chi connectivity index (χ0n) is 19.0. The van der Waals surface area contributed by atoms with Gasteiger partial charge >= 0.3 is 0 Å². The van der Waals surface area contributed by atoms with E-state index in [0.29, 0.717) is 17.5 Å². The number of hydrogen-bond donors (Lipinski definition) is 4. The molecule has 4 N–H and O–H groups in total. The van der Waals surface area contributed by atoms with Crippen molar-refractivity contribution in [1.82, 2.24) is 0 Å². The SMILES string of the molecule is COC1(C#Cc2ccc(Cc3cc([C@@H]4O[C@H](CO)[C@@H](O)[C@H](O)[C@H]4O)ccc3C#N)cc2)CCC1. The molecule has 1 aliphatic carbocycles. The maximum atomic E-state index is 10.5. The Labute approximate surface area is 199 Å². The normalized spacial score (nSPS) is 27.7. The molecule has 1 saturated carbocycles. The zero-order chi connectivity index (χ0) is 24.3. The van der Waals surface area contributed by atoms with Gasteiger partial charge in [0.05, 0.1) is 18.2 Å². The second-order valence-electron chi connectivity index (χ2n) is 8.95. The molecule has 4 rings (SSSR count). The van der Waals surface area contributed by atoms with Crippen LogP contribution in [0.2, 0.25) is 0 Å². The van der Waals surface area contributed by atoms with Gasteiger partial charge in [-0.25, -0.2) is 0 Å². The summed E-state index contributed by atoms with van der Waals surface area (Å²) < 4.78 is 11.2. The van der Waals surface area contributed by atoms with E-state index in [1.54, 1.807) is 25.3 Å². The summed E-state index contributed by atoms with van der Waals surface area (Å²) in [6, 6.07) is 15.1. The van der Waals surface area contributed by atoms with Crippen LogP contribution in [0.3, 0.4) is 0 Å². The molecule has 1 saturated heterocycles. The third kappa shape index (κ3) is 4.87. The number of benzene rings is 2. The highest BCUT2D eigenvalue weighted by atomic mass is 16.5. The van der Waals surface area contributed by atoms with E-state index >= 15 is 0 Å². The van der Waals surface area contributed by atoms with E-state index in [0.717, 1.165) is 36.0 Å². The zero-order valence-corrected chi connectivity index (χ0v) is 19.0. The Morgan fingerprint density at radius 1 is 1.06 bits per heavy atom. The van der Waals surface area contributed by atoms with Crippen LogP contribution in [-0.2, 0) is 15.9 Å². The summed E-state index contributed by atoms with van der Waals surface area (Å²) in [7, 11) is 1.70. The van der Waals surface area contributed by atoms with Gasteiger partial charge in [-0.3, -0.25) is 0 Å². The van der Waals surface area contributed by atoms with Crippen molar-refractivity contribution in [2.45, 2.75) is 61.8 Å². The lowest BCUT2D eigenvalue weighted by atomic mass is 9.80. The van der Waals surface area contributed by atoms with Gasteiger partial charge in [0.1, 0.15) is 36.1 Å². The molecule has 0 unspecified atom stereocenters. The highest BCUT2D eigenvalue weighted by Gasteiger charge is 2.44. The van der Waals surface area contributed by atoms with Crippen LogP contribution in [0.1, 0.15) is 53.2 Å². The van der Waals surface area contributed by atoms with Crippen LogP contribution >= 0.6 is 0 Å². The van der Waals surface area contributed by atoms with Crippen molar-refractivity contribution >= 4 is 0 Å². The smallest absolute Gasteiger partial charge is 0.128 e. The Balaban J connectivity index is 1.54. The molecule has 0 spiro atoms. The Kier molecular flexibility index (Phi) is 7.35. The van der Waals surface area contributed by atoms with Crippen LogP contribution < -0.4 is 0 Å². The summed E-state index contributed by atoms with van der Waals surface area (Å²) in [5.41, 5.74) is 3.35. The van der Waals surface area contributed by atoms with E-state index in [1.165, 1.54) is 0 Å². The van der Waals surface area contributed by atoms with Gasteiger partial charge in [0.2, 0.25) is 0 Å². The molecule has 2 fully saturated rings. The minimum atomic E-state index is -1.46. The molecule has 7 heteroatoms. The van der Waals surface area contributed by atoms with E-state index in [9.17, 15) is 25.7 Å². The molecular weight excluding hydrogens is 434 g/mol. The van der Waals surface area contributed by atoms with Crippen LogP contribution in [0.25, 0.3) is 0 Å². The van der Waals surface area contributed by atoms with Gasteiger partial charge in [-0.15, -0.1) is 0 Å². The first-order valence-corrected chi connectivity index (χ1v) is 11.4. The molecule has 2 aromatic carbocycles. The van der Waals surface area contributed by atoms with E-state index in [4.69, 9.17) is 9.47 Å². The molecule has 0 radical (unpaired) electrons. The first kappa shape index (κ1) is 24.4. The lowest BCUT2D eigenvalue weighted by molar-refractivity contribution is -0.231. The molecule has 0 aromatic heterocycles. The topological polar surface area (TPSA) is 123 Å². The largest absolute Gasteiger partial charge is 0.394 e. The van der Waals surface area contributed by atoms with Gasteiger partial charge in [0.15, 0.2) is 0 Å². The molecule has 1 heterocycles. The van der Waals surface area contributed by atoms with Crippen LogP contribution in [0.15, 0.2) is 42.5 Å². The highest BCUT2D eigenvalue weighted by molar-refractivity contribution is 5.45. The molecule has 2 aliphatic rings. The van der Waals surface area contributed by atoms with Crippen LogP contribution in [0.4, 0.5) is 0 Å².